The molecule has 0 bridgehead atoms. The van der Waals surface area contributed by atoms with Crippen LogP contribution < -0.4 is 5.32 Å². The van der Waals surface area contributed by atoms with E-state index >= 15 is 0 Å². The fourth-order valence-electron chi connectivity index (χ4n) is 1.96. The van der Waals surface area contributed by atoms with E-state index in [1.165, 1.54) is 24.1 Å². The first-order chi connectivity index (χ1) is 9.37. The summed E-state index contributed by atoms with van der Waals surface area (Å²) in [6, 6.07) is 4.47. The van der Waals surface area contributed by atoms with Crippen LogP contribution >= 0.6 is 11.3 Å². The molecule has 3 nitrogen and oxygen atoms in total. The average Bonchev–Trinajstić information content (AvgIpc) is 2.78. The minimum absolute atomic E-state index is 0.173. The zero-order valence-electron chi connectivity index (χ0n) is 13.1. The van der Waals surface area contributed by atoms with Gasteiger partial charge in [0, 0.05) is 10.9 Å². The Kier molecular flexibility index (Phi) is 7.06. The number of hydrogen-bond donors (Lipinski definition) is 1. The lowest BCUT2D eigenvalue weighted by Crippen LogP contribution is -2.37. The smallest absolute Gasteiger partial charge is 0.407 e. The Morgan fingerprint density at radius 1 is 1.35 bits per heavy atom. The van der Waals surface area contributed by atoms with Crippen molar-refractivity contribution in [1.29, 1.82) is 0 Å². The molecule has 1 aromatic heterocycles. The molecule has 0 aromatic carbocycles. The topological polar surface area (TPSA) is 38.3 Å². The molecular formula is C16H27NO2S. The summed E-state index contributed by atoms with van der Waals surface area (Å²) < 4.78 is 5.24. The summed E-state index contributed by atoms with van der Waals surface area (Å²) in [6.07, 6.45) is 5.43. The molecule has 1 unspecified atom stereocenters. The second-order valence-electron chi connectivity index (χ2n) is 6.23. The number of unbranched alkanes of at least 4 members (excludes halogenated alkanes) is 2. The summed E-state index contributed by atoms with van der Waals surface area (Å²) in [5.74, 6) is 0. The maximum absolute atomic E-state index is 11.6. The fourth-order valence-corrected chi connectivity index (χ4v) is 2.71. The number of ether oxygens (including phenoxy) is 1. The zero-order chi connectivity index (χ0) is 15.0. The third-order valence-corrected chi connectivity index (χ3v) is 3.84. The van der Waals surface area contributed by atoms with Gasteiger partial charge in [0.1, 0.15) is 5.60 Å². The van der Waals surface area contributed by atoms with Crippen LogP contribution in [-0.2, 0) is 11.2 Å². The van der Waals surface area contributed by atoms with Crippen LogP contribution in [0.25, 0.3) is 0 Å². The molecule has 0 aliphatic carbocycles. The first-order valence-corrected chi connectivity index (χ1v) is 8.27. The highest BCUT2D eigenvalue weighted by molar-refractivity contribution is 7.09. The summed E-state index contributed by atoms with van der Waals surface area (Å²) in [7, 11) is 0. The number of hydrogen-bond acceptors (Lipinski definition) is 3. The fraction of sp³-hybridized carbons (Fsp3) is 0.688. The van der Waals surface area contributed by atoms with Gasteiger partial charge in [-0.15, -0.1) is 11.3 Å². The predicted octanol–water partition coefficient (Wildman–Crippen LogP) is 4.76. The molecule has 0 radical (unpaired) electrons. The van der Waals surface area contributed by atoms with Crippen LogP contribution in [-0.4, -0.2) is 17.7 Å². The summed E-state index contributed by atoms with van der Waals surface area (Å²) in [6.45, 7) is 7.66. The van der Waals surface area contributed by atoms with Gasteiger partial charge in [0.2, 0.25) is 0 Å². The molecule has 1 heterocycles. The van der Waals surface area contributed by atoms with E-state index in [-0.39, 0.29) is 12.1 Å². The van der Waals surface area contributed by atoms with Crippen molar-refractivity contribution in [3.8, 4) is 0 Å². The average molecular weight is 297 g/mol. The van der Waals surface area contributed by atoms with Gasteiger partial charge < -0.3 is 10.1 Å². The van der Waals surface area contributed by atoms with E-state index in [0.29, 0.717) is 0 Å². The molecule has 0 saturated carbocycles. The molecule has 20 heavy (non-hydrogen) atoms. The molecule has 114 valence electrons. The Hall–Kier alpha value is -1.03. The minimum Gasteiger partial charge on any atom is -0.444 e. The van der Waals surface area contributed by atoms with Crippen LogP contribution in [0.2, 0.25) is 0 Å². The largest absolute Gasteiger partial charge is 0.444 e. The summed E-state index contributed by atoms with van der Waals surface area (Å²) in [5.41, 5.74) is -0.426. The van der Waals surface area contributed by atoms with E-state index in [0.717, 1.165) is 12.8 Å². The summed E-state index contributed by atoms with van der Waals surface area (Å²) in [4.78, 5) is 13.0. The minimum atomic E-state index is -0.426. The number of aryl methyl sites for hydroxylation is 1. The van der Waals surface area contributed by atoms with Crippen LogP contribution in [0.15, 0.2) is 17.5 Å². The van der Waals surface area contributed by atoms with Gasteiger partial charge in [-0.3, -0.25) is 0 Å². The number of nitrogens with one attached hydrogen (secondary N) is 1. The highest BCUT2D eigenvalue weighted by Gasteiger charge is 2.17. The molecular weight excluding hydrogens is 270 g/mol. The van der Waals surface area contributed by atoms with Crippen LogP contribution in [0.4, 0.5) is 4.79 Å². The van der Waals surface area contributed by atoms with Crippen molar-refractivity contribution in [2.45, 2.75) is 71.4 Å². The molecule has 1 rings (SSSR count). The Morgan fingerprint density at radius 3 is 2.70 bits per heavy atom. The van der Waals surface area contributed by atoms with Crippen molar-refractivity contribution in [3.05, 3.63) is 22.4 Å². The van der Waals surface area contributed by atoms with Gasteiger partial charge in [-0.2, -0.15) is 0 Å². The Balaban J connectivity index is 2.05. The molecule has 1 amide bonds. The van der Waals surface area contributed by atoms with Crippen LogP contribution in [0.1, 0.15) is 58.3 Å². The van der Waals surface area contributed by atoms with Gasteiger partial charge >= 0.3 is 6.09 Å². The number of rotatable bonds is 7. The zero-order valence-corrected chi connectivity index (χ0v) is 13.9. The van der Waals surface area contributed by atoms with Gasteiger partial charge in [0.15, 0.2) is 0 Å². The van der Waals surface area contributed by atoms with Crippen molar-refractivity contribution in [3.63, 3.8) is 0 Å². The molecule has 1 aromatic rings. The number of carbonyl (C=O) groups excluding carboxylic acids is 1. The van der Waals surface area contributed by atoms with Crippen molar-refractivity contribution >= 4 is 17.4 Å². The van der Waals surface area contributed by atoms with Crippen molar-refractivity contribution in [2.24, 2.45) is 0 Å². The third-order valence-electron chi connectivity index (χ3n) is 2.90. The second-order valence-corrected chi connectivity index (χ2v) is 7.26. The monoisotopic (exact) mass is 297 g/mol. The molecule has 4 heteroatoms. The molecule has 0 aliphatic rings. The SMILES string of the molecule is CC(CCCCCc1cccs1)NC(=O)OC(C)(C)C. The molecule has 1 N–H and O–H groups in total. The standard InChI is InChI=1S/C16H27NO2S/c1-13(17-15(18)19-16(2,3)4)9-6-5-7-10-14-11-8-12-20-14/h8,11-13H,5-7,9-10H2,1-4H3,(H,17,18). The van der Waals surface area contributed by atoms with Gasteiger partial charge in [-0.05, 0) is 58.4 Å². The van der Waals surface area contributed by atoms with E-state index in [2.05, 4.69) is 22.8 Å². The van der Waals surface area contributed by atoms with Gasteiger partial charge in [0.25, 0.3) is 0 Å². The lowest BCUT2D eigenvalue weighted by atomic mass is 10.1. The van der Waals surface area contributed by atoms with Crippen molar-refractivity contribution < 1.29 is 9.53 Å². The maximum Gasteiger partial charge on any atom is 0.407 e. The highest BCUT2D eigenvalue weighted by atomic mass is 32.1. The lowest BCUT2D eigenvalue weighted by molar-refractivity contribution is 0.0506. The van der Waals surface area contributed by atoms with Gasteiger partial charge in [0.05, 0.1) is 0 Å². The van der Waals surface area contributed by atoms with E-state index in [9.17, 15) is 4.79 Å². The molecule has 0 spiro atoms. The van der Waals surface area contributed by atoms with Crippen molar-refractivity contribution in [2.75, 3.05) is 0 Å². The quantitative estimate of drug-likeness (QED) is 0.737. The van der Waals surface area contributed by atoms with E-state index in [1.807, 2.05) is 39.0 Å². The first kappa shape index (κ1) is 17.0. The van der Waals surface area contributed by atoms with E-state index in [1.54, 1.807) is 0 Å². The van der Waals surface area contributed by atoms with Crippen LogP contribution in [0.5, 0.6) is 0 Å². The van der Waals surface area contributed by atoms with E-state index in [4.69, 9.17) is 4.74 Å². The normalized spacial score (nSPS) is 13.0. The summed E-state index contributed by atoms with van der Waals surface area (Å²) >= 11 is 1.83. The molecule has 0 fully saturated rings. The number of amides is 1. The van der Waals surface area contributed by atoms with Crippen LogP contribution in [0, 0.1) is 0 Å². The first-order valence-electron chi connectivity index (χ1n) is 7.39. The highest BCUT2D eigenvalue weighted by Crippen LogP contribution is 2.14. The number of carbonyl (C=O) groups is 1. The van der Waals surface area contributed by atoms with Gasteiger partial charge in [-0.1, -0.05) is 18.9 Å². The lowest BCUT2D eigenvalue weighted by Gasteiger charge is -2.21. The molecule has 0 saturated heterocycles. The van der Waals surface area contributed by atoms with Gasteiger partial charge in [-0.25, -0.2) is 4.79 Å². The second kappa shape index (κ2) is 8.30. The predicted molar refractivity (Wildman–Crippen MR) is 85.3 cm³/mol. The number of alkyl carbamates (subject to hydrolysis) is 1. The molecule has 1 atom stereocenters. The molecule has 0 aliphatic heterocycles. The Labute approximate surface area is 126 Å². The maximum atomic E-state index is 11.6. The van der Waals surface area contributed by atoms with Crippen molar-refractivity contribution in [1.82, 2.24) is 5.32 Å². The Bertz CT molecular complexity index is 382. The Morgan fingerprint density at radius 2 is 2.10 bits per heavy atom. The van der Waals surface area contributed by atoms with E-state index < -0.39 is 5.60 Å². The van der Waals surface area contributed by atoms with Crippen LogP contribution in [0.3, 0.4) is 0 Å². The number of thiophene rings is 1. The summed E-state index contributed by atoms with van der Waals surface area (Å²) in [5, 5.41) is 5.01. The third kappa shape index (κ3) is 8.20.